The number of unbranched alkanes of at least 4 members (excludes halogenated alkanes) is 1. The summed E-state index contributed by atoms with van der Waals surface area (Å²) >= 11 is 0. The van der Waals surface area contributed by atoms with Crippen molar-refractivity contribution in [1.29, 1.82) is 0 Å². The summed E-state index contributed by atoms with van der Waals surface area (Å²) < 4.78 is 12.5. The second-order valence-corrected chi connectivity index (χ2v) is 7.64. The SMILES string of the molecule is CCCCC(N)B1O[C@@H]2C[C@@H]3C[C@@H](C3(C)C)[C@]2(C)O1. The fourth-order valence-electron chi connectivity index (χ4n) is 4.66. The normalized spacial score (nSPS) is 44.7. The van der Waals surface area contributed by atoms with E-state index in [1.165, 1.54) is 12.8 Å². The van der Waals surface area contributed by atoms with Crippen LogP contribution in [-0.2, 0) is 9.31 Å². The van der Waals surface area contributed by atoms with E-state index in [1.807, 2.05) is 0 Å². The molecule has 3 nitrogen and oxygen atoms in total. The van der Waals surface area contributed by atoms with Crippen LogP contribution in [0.25, 0.3) is 0 Å². The van der Waals surface area contributed by atoms with Gasteiger partial charge in [0.15, 0.2) is 0 Å². The Hall–Kier alpha value is -0.0551. The lowest BCUT2D eigenvalue weighted by Gasteiger charge is -2.64. The maximum Gasteiger partial charge on any atom is 0.475 e. The second kappa shape index (κ2) is 4.47. The molecule has 0 aromatic rings. The first-order chi connectivity index (χ1) is 8.89. The summed E-state index contributed by atoms with van der Waals surface area (Å²) in [6.07, 6.45) is 6.06. The Labute approximate surface area is 117 Å². The molecule has 4 aliphatic rings. The Morgan fingerprint density at radius 1 is 1.32 bits per heavy atom. The van der Waals surface area contributed by atoms with Crippen LogP contribution in [0.15, 0.2) is 0 Å². The minimum absolute atomic E-state index is 0.0303. The third-order valence-electron chi connectivity index (χ3n) is 6.21. The van der Waals surface area contributed by atoms with Crippen molar-refractivity contribution in [3.63, 3.8) is 0 Å². The second-order valence-electron chi connectivity index (χ2n) is 7.64. The largest absolute Gasteiger partial charge is 0.475 e. The van der Waals surface area contributed by atoms with E-state index in [0.717, 1.165) is 25.2 Å². The molecule has 2 N–H and O–H groups in total. The van der Waals surface area contributed by atoms with E-state index in [2.05, 4.69) is 27.7 Å². The molecule has 0 aromatic heterocycles. The van der Waals surface area contributed by atoms with Gasteiger partial charge in [-0.2, -0.15) is 0 Å². The first-order valence-corrected chi connectivity index (χ1v) is 7.98. The van der Waals surface area contributed by atoms with Crippen molar-refractivity contribution in [2.75, 3.05) is 0 Å². The lowest BCUT2D eigenvalue weighted by molar-refractivity contribution is -0.199. The zero-order valence-corrected chi connectivity index (χ0v) is 12.8. The van der Waals surface area contributed by atoms with Gasteiger partial charge in [-0.25, -0.2) is 0 Å². The zero-order chi connectivity index (χ0) is 13.8. The molecule has 1 saturated heterocycles. The van der Waals surface area contributed by atoms with Crippen molar-refractivity contribution in [1.82, 2.24) is 0 Å². The van der Waals surface area contributed by atoms with Crippen LogP contribution in [0.2, 0.25) is 0 Å². The summed E-state index contributed by atoms with van der Waals surface area (Å²) in [5.74, 6) is 1.47. The minimum atomic E-state index is -0.184. The maximum absolute atomic E-state index is 6.35. The van der Waals surface area contributed by atoms with Crippen LogP contribution in [0.4, 0.5) is 0 Å². The van der Waals surface area contributed by atoms with E-state index in [4.69, 9.17) is 15.0 Å². The summed E-state index contributed by atoms with van der Waals surface area (Å²) in [5.41, 5.74) is 6.56. The van der Waals surface area contributed by atoms with Crippen LogP contribution in [-0.4, -0.2) is 24.8 Å². The fraction of sp³-hybridized carbons (Fsp3) is 1.00. The minimum Gasteiger partial charge on any atom is -0.404 e. The third-order valence-corrected chi connectivity index (χ3v) is 6.21. The highest BCUT2D eigenvalue weighted by Crippen LogP contribution is 2.65. The van der Waals surface area contributed by atoms with E-state index in [9.17, 15) is 0 Å². The molecule has 4 fully saturated rings. The standard InChI is InChI=1S/C15H28BNO2/c1-5-6-7-13(17)16-18-12-9-10-8-11(14(10,2)3)15(12,4)19-16/h10-13H,5-9,17H2,1-4H3/t10-,11-,12+,13?,15-/m0/s1. The molecule has 19 heavy (non-hydrogen) atoms. The maximum atomic E-state index is 6.35. The molecule has 0 radical (unpaired) electrons. The molecular formula is C15H28BNO2. The van der Waals surface area contributed by atoms with Gasteiger partial charge in [-0.3, -0.25) is 0 Å². The Bertz CT molecular complexity index is 362. The molecule has 4 heteroatoms. The van der Waals surface area contributed by atoms with Crippen LogP contribution < -0.4 is 5.73 Å². The van der Waals surface area contributed by atoms with Crippen LogP contribution in [0.1, 0.15) is 59.8 Å². The number of hydrogen-bond acceptors (Lipinski definition) is 3. The molecule has 108 valence electrons. The van der Waals surface area contributed by atoms with Crippen molar-refractivity contribution < 1.29 is 9.31 Å². The first-order valence-electron chi connectivity index (χ1n) is 7.98. The van der Waals surface area contributed by atoms with Crippen molar-refractivity contribution in [3.8, 4) is 0 Å². The molecule has 1 heterocycles. The van der Waals surface area contributed by atoms with Crippen molar-refractivity contribution >= 4 is 7.12 Å². The Kier molecular flexibility index (Phi) is 3.27. The molecule has 0 aromatic carbocycles. The van der Waals surface area contributed by atoms with Gasteiger partial charge in [-0.15, -0.1) is 0 Å². The first kappa shape index (κ1) is 13.9. The Morgan fingerprint density at radius 3 is 2.68 bits per heavy atom. The lowest BCUT2D eigenvalue weighted by Crippen LogP contribution is -2.65. The molecular weight excluding hydrogens is 237 g/mol. The van der Waals surface area contributed by atoms with Crippen LogP contribution in [0.3, 0.4) is 0 Å². The Morgan fingerprint density at radius 2 is 2.05 bits per heavy atom. The van der Waals surface area contributed by atoms with E-state index in [-0.39, 0.29) is 24.8 Å². The molecule has 4 rings (SSSR count). The van der Waals surface area contributed by atoms with Gasteiger partial charge < -0.3 is 15.0 Å². The van der Waals surface area contributed by atoms with Gasteiger partial charge >= 0.3 is 7.12 Å². The third kappa shape index (κ3) is 1.90. The summed E-state index contributed by atoms with van der Waals surface area (Å²) in [7, 11) is -0.184. The number of hydrogen-bond donors (Lipinski definition) is 1. The predicted octanol–water partition coefficient (Wildman–Crippen LogP) is 2.77. The van der Waals surface area contributed by atoms with Gasteiger partial charge in [0, 0.05) is 5.94 Å². The molecule has 0 amide bonds. The van der Waals surface area contributed by atoms with E-state index in [0.29, 0.717) is 11.3 Å². The van der Waals surface area contributed by atoms with E-state index in [1.54, 1.807) is 0 Å². The predicted molar refractivity (Wildman–Crippen MR) is 77.6 cm³/mol. The van der Waals surface area contributed by atoms with Crippen molar-refractivity contribution in [3.05, 3.63) is 0 Å². The molecule has 1 unspecified atom stereocenters. The van der Waals surface area contributed by atoms with Gasteiger partial charge in [-0.05, 0) is 43.4 Å². The van der Waals surface area contributed by atoms with Gasteiger partial charge in [0.1, 0.15) is 0 Å². The van der Waals surface area contributed by atoms with Crippen LogP contribution >= 0.6 is 0 Å². The lowest BCUT2D eigenvalue weighted by atomic mass is 9.43. The molecule has 1 aliphatic heterocycles. The average Bonchev–Trinajstić information content (AvgIpc) is 2.72. The average molecular weight is 265 g/mol. The smallest absolute Gasteiger partial charge is 0.404 e. The summed E-state index contributed by atoms with van der Waals surface area (Å²) in [5, 5.41) is 0. The highest BCUT2D eigenvalue weighted by Gasteiger charge is 2.68. The number of rotatable bonds is 4. The van der Waals surface area contributed by atoms with Crippen molar-refractivity contribution in [2.45, 2.75) is 77.4 Å². The quantitative estimate of drug-likeness (QED) is 0.795. The van der Waals surface area contributed by atoms with Gasteiger partial charge in [0.2, 0.25) is 0 Å². The van der Waals surface area contributed by atoms with E-state index < -0.39 is 0 Å². The fourth-order valence-corrected chi connectivity index (χ4v) is 4.66. The van der Waals surface area contributed by atoms with Gasteiger partial charge in [0.25, 0.3) is 0 Å². The Balaban J connectivity index is 1.70. The van der Waals surface area contributed by atoms with Crippen LogP contribution in [0.5, 0.6) is 0 Å². The van der Waals surface area contributed by atoms with Gasteiger partial charge in [0.05, 0.1) is 11.7 Å². The molecule has 0 spiro atoms. The highest BCUT2D eigenvalue weighted by molar-refractivity contribution is 6.47. The molecule has 3 aliphatic carbocycles. The zero-order valence-electron chi connectivity index (χ0n) is 12.8. The topological polar surface area (TPSA) is 44.5 Å². The van der Waals surface area contributed by atoms with Crippen molar-refractivity contribution in [2.24, 2.45) is 23.0 Å². The molecule has 3 saturated carbocycles. The monoisotopic (exact) mass is 265 g/mol. The van der Waals surface area contributed by atoms with Crippen LogP contribution in [0, 0.1) is 17.3 Å². The summed E-state index contributed by atoms with van der Waals surface area (Å²) in [4.78, 5) is 0. The van der Waals surface area contributed by atoms with Gasteiger partial charge in [-0.1, -0.05) is 33.6 Å². The summed E-state index contributed by atoms with van der Waals surface area (Å²) in [6.45, 7) is 9.23. The molecule has 2 bridgehead atoms. The van der Waals surface area contributed by atoms with E-state index >= 15 is 0 Å². The number of nitrogens with two attached hydrogens (primary N) is 1. The molecule has 5 atom stereocenters. The summed E-state index contributed by atoms with van der Waals surface area (Å²) in [6, 6.07) is 0. The highest BCUT2D eigenvalue weighted by atomic mass is 16.7.